The molecule has 2 atom stereocenters. The van der Waals surface area contributed by atoms with E-state index in [9.17, 15) is 18.3 Å². The molecule has 2 unspecified atom stereocenters. The molecule has 132 valence electrons. The number of sulfone groups is 1. The molecule has 3 saturated heterocycles. The standard InChI is InChI=1S/C15H26N2O5S/c1-13(2,3)22-12(18)17-8-14(16,9-17)15(19)6-10-4-5-11(7-15)23(10,20)21/h10-11,19H,4-9,16H2,1-3H3. The van der Waals surface area contributed by atoms with Gasteiger partial charge in [0.2, 0.25) is 0 Å². The summed E-state index contributed by atoms with van der Waals surface area (Å²) in [6.07, 6.45) is 1.09. The first-order valence-corrected chi connectivity index (χ1v) is 9.69. The molecular formula is C15H26N2O5S. The summed E-state index contributed by atoms with van der Waals surface area (Å²) in [6.45, 7) is 5.75. The molecule has 7 nitrogen and oxygen atoms in total. The predicted molar refractivity (Wildman–Crippen MR) is 84.6 cm³/mol. The molecule has 2 bridgehead atoms. The van der Waals surface area contributed by atoms with Crippen LogP contribution in [-0.4, -0.2) is 64.8 Å². The maximum atomic E-state index is 12.2. The topological polar surface area (TPSA) is 110 Å². The van der Waals surface area contributed by atoms with Crippen molar-refractivity contribution in [2.24, 2.45) is 5.73 Å². The quantitative estimate of drug-likeness (QED) is 0.711. The van der Waals surface area contributed by atoms with Gasteiger partial charge in [-0.15, -0.1) is 0 Å². The summed E-state index contributed by atoms with van der Waals surface area (Å²) in [7, 11) is -3.12. The maximum absolute atomic E-state index is 12.2. The number of nitrogens with zero attached hydrogens (tertiary/aromatic N) is 1. The average molecular weight is 346 g/mol. The van der Waals surface area contributed by atoms with Crippen molar-refractivity contribution in [1.82, 2.24) is 4.90 Å². The summed E-state index contributed by atoms with van der Waals surface area (Å²) >= 11 is 0. The van der Waals surface area contributed by atoms with Gasteiger partial charge in [-0.2, -0.15) is 0 Å². The zero-order chi connectivity index (χ0) is 17.3. The van der Waals surface area contributed by atoms with Crippen LogP contribution in [0.2, 0.25) is 0 Å². The van der Waals surface area contributed by atoms with Crippen molar-refractivity contribution in [2.45, 2.75) is 73.7 Å². The van der Waals surface area contributed by atoms with Crippen molar-refractivity contribution in [3.8, 4) is 0 Å². The molecule has 3 heterocycles. The van der Waals surface area contributed by atoms with E-state index >= 15 is 0 Å². The lowest BCUT2D eigenvalue weighted by Crippen LogP contribution is -2.80. The molecule has 0 saturated carbocycles. The molecule has 3 fully saturated rings. The number of hydrogen-bond acceptors (Lipinski definition) is 6. The number of carbonyl (C=O) groups excluding carboxylic acids is 1. The predicted octanol–water partition coefficient (Wildman–Crippen LogP) is 0.405. The Kier molecular flexibility index (Phi) is 3.56. The minimum Gasteiger partial charge on any atom is -0.444 e. The molecule has 3 rings (SSSR count). The van der Waals surface area contributed by atoms with Gasteiger partial charge in [0.25, 0.3) is 0 Å². The Hall–Kier alpha value is -0.860. The van der Waals surface area contributed by atoms with E-state index in [4.69, 9.17) is 10.5 Å². The third kappa shape index (κ3) is 2.64. The van der Waals surface area contributed by atoms with Crippen LogP contribution in [0.5, 0.6) is 0 Å². The Labute approximate surface area is 137 Å². The third-order valence-electron chi connectivity index (χ3n) is 5.40. The highest BCUT2D eigenvalue weighted by Gasteiger charge is 2.63. The van der Waals surface area contributed by atoms with Gasteiger partial charge in [0.1, 0.15) is 5.60 Å². The van der Waals surface area contributed by atoms with Gasteiger partial charge in [0, 0.05) is 13.1 Å². The summed E-state index contributed by atoms with van der Waals surface area (Å²) in [6, 6.07) is 0. The number of ether oxygens (including phenoxy) is 1. The van der Waals surface area contributed by atoms with E-state index in [1.165, 1.54) is 4.90 Å². The van der Waals surface area contributed by atoms with E-state index < -0.39 is 43.2 Å². The van der Waals surface area contributed by atoms with E-state index in [1.807, 2.05) is 0 Å². The summed E-state index contributed by atoms with van der Waals surface area (Å²) in [4.78, 5) is 13.5. The number of hydrogen-bond donors (Lipinski definition) is 2. The van der Waals surface area contributed by atoms with E-state index in [0.29, 0.717) is 12.8 Å². The summed E-state index contributed by atoms with van der Waals surface area (Å²) < 4.78 is 29.7. The van der Waals surface area contributed by atoms with Gasteiger partial charge in [0.15, 0.2) is 9.84 Å². The molecule has 8 heteroatoms. The van der Waals surface area contributed by atoms with Gasteiger partial charge in [-0.05, 0) is 46.5 Å². The van der Waals surface area contributed by atoms with Gasteiger partial charge in [-0.1, -0.05) is 0 Å². The van der Waals surface area contributed by atoms with Gasteiger partial charge < -0.3 is 20.5 Å². The Balaban J connectivity index is 1.69. The Bertz CT molecular complexity index is 598. The SMILES string of the molecule is CC(C)(C)OC(=O)N1CC(N)(C2(O)CC3CCC(C2)S3(=O)=O)C1. The fourth-order valence-corrected chi connectivity index (χ4v) is 6.53. The number of nitrogens with two attached hydrogens (primary N) is 1. The van der Waals surface area contributed by atoms with Gasteiger partial charge in [0.05, 0.1) is 21.6 Å². The monoisotopic (exact) mass is 346 g/mol. The molecule has 3 aliphatic heterocycles. The first kappa shape index (κ1) is 17.0. The van der Waals surface area contributed by atoms with E-state index in [0.717, 1.165) is 0 Å². The fraction of sp³-hybridized carbons (Fsp3) is 0.933. The van der Waals surface area contributed by atoms with Crippen LogP contribution in [0.1, 0.15) is 46.5 Å². The van der Waals surface area contributed by atoms with Crippen LogP contribution in [0.3, 0.4) is 0 Å². The number of fused-ring (bicyclic) bond motifs is 2. The summed E-state index contributed by atoms with van der Waals surface area (Å²) in [5, 5.41) is 10.0. The lowest BCUT2D eigenvalue weighted by atomic mass is 9.70. The van der Waals surface area contributed by atoms with Crippen molar-refractivity contribution in [3.63, 3.8) is 0 Å². The average Bonchev–Trinajstić information content (AvgIpc) is 2.54. The zero-order valence-electron chi connectivity index (χ0n) is 13.9. The van der Waals surface area contributed by atoms with Gasteiger partial charge >= 0.3 is 6.09 Å². The van der Waals surface area contributed by atoms with Crippen LogP contribution in [0.25, 0.3) is 0 Å². The van der Waals surface area contributed by atoms with Crippen molar-refractivity contribution in [3.05, 3.63) is 0 Å². The minimum atomic E-state index is -3.12. The van der Waals surface area contributed by atoms with Crippen LogP contribution in [0.4, 0.5) is 4.79 Å². The second kappa shape index (κ2) is 4.83. The lowest BCUT2D eigenvalue weighted by Gasteiger charge is -2.57. The lowest BCUT2D eigenvalue weighted by molar-refractivity contribution is -0.114. The van der Waals surface area contributed by atoms with Crippen LogP contribution in [0, 0.1) is 0 Å². The van der Waals surface area contributed by atoms with Crippen LogP contribution < -0.4 is 5.73 Å². The fourth-order valence-electron chi connectivity index (χ4n) is 4.04. The number of amides is 1. The van der Waals surface area contributed by atoms with Crippen molar-refractivity contribution >= 4 is 15.9 Å². The second-order valence-corrected chi connectivity index (χ2v) is 10.9. The number of aliphatic hydroxyl groups is 1. The maximum Gasteiger partial charge on any atom is 0.410 e. The van der Waals surface area contributed by atoms with E-state index in [2.05, 4.69) is 0 Å². The Morgan fingerprint density at radius 2 is 1.70 bits per heavy atom. The summed E-state index contributed by atoms with van der Waals surface area (Å²) in [5.41, 5.74) is 3.57. The molecule has 3 aliphatic rings. The Morgan fingerprint density at radius 3 is 2.13 bits per heavy atom. The minimum absolute atomic E-state index is 0.171. The highest BCUT2D eigenvalue weighted by molar-refractivity contribution is 7.93. The number of rotatable bonds is 1. The van der Waals surface area contributed by atoms with Gasteiger partial charge in [-0.3, -0.25) is 0 Å². The van der Waals surface area contributed by atoms with Crippen molar-refractivity contribution in [2.75, 3.05) is 13.1 Å². The first-order valence-electron chi connectivity index (χ1n) is 8.08. The molecule has 3 N–H and O–H groups in total. The highest BCUT2D eigenvalue weighted by Crippen LogP contribution is 2.48. The Morgan fingerprint density at radius 1 is 1.22 bits per heavy atom. The van der Waals surface area contributed by atoms with E-state index in [-0.39, 0.29) is 25.9 Å². The molecule has 0 aromatic rings. The second-order valence-electron chi connectivity index (χ2n) is 8.34. The van der Waals surface area contributed by atoms with Crippen molar-refractivity contribution in [1.29, 1.82) is 0 Å². The van der Waals surface area contributed by atoms with Gasteiger partial charge in [-0.25, -0.2) is 13.2 Å². The van der Waals surface area contributed by atoms with E-state index in [1.54, 1.807) is 20.8 Å². The zero-order valence-corrected chi connectivity index (χ0v) is 14.7. The molecule has 0 radical (unpaired) electrons. The van der Waals surface area contributed by atoms with Crippen LogP contribution >= 0.6 is 0 Å². The third-order valence-corrected chi connectivity index (χ3v) is 8.06. The first-order chi connectivity index (χ1) is 10.4. The molecule has 0 spiro atoms. The molecule has 1 amide bonds. The van der Waals surface area contributed by atoms with Crippen LogP contribution in [-0.2, 0) is 14.6 Å². The summed E-state index contributed by atoms with van der Waals surface area (Å²) in [5.74, 6) is 0. The highest BCUT2D eigenvalue weighted by atomic mass is 32.2. The number of carbonyl (C=O) groups is 1. The van der Waals surface area contributed by atoms with Crippen LogP contribution in [0.15, 0.2) is 0 Å². The molecule has 0 aromatic heterocycles. The largest absolute Gasteiger partial charge is 0.444 e. The number of likely N-dealkylation sites (tertiary alicyclic amines) is 1. The molecule has 23 heavy (non-hydrogen) atoms. The molecular weight excluding hydrogens is 320 g/mol. The smallest absolute Gasteiger partial charge is 0.410 e. The molecule has 0 aromatic carbocycles. The van der Waals surface area contributed by atoms with Crippen molar-refractivity contribution < 1.29 is 23.1 Å². The normalized spacial score (nSPS) is 38.0. The molecule has 0 aliphatic carbocycles.